The Morgan fingerprint density at radius 3 is 2.75 bits per heavy atom. The lowest BCUT2D eigenvalue weighted by atomic mass is 9.88. The van der Waals surface area contributed by atoms with Crippen LogP contribution in [0.5, 0.6) is 0 Å². The molecule has 0 bridgehead atoms. The molecule has 0 spiro atoms. The van der Waals surface area contributed by atoms with Crippen molar-refractivity contribution in [2.45, 2.75) is 25.4 Å². The van der Waals surface area contributed by atoms with Crippen molar-refractivity contribution in [3.8, 4) is 0 Å². The zero-order chi connectivity index (χ0) is 11.3. The second kappa shape index (κ2) is 3.31. The number of aryl methyl sites for hydroxylation is 1. The van der Waals surface area contributed by atoms with Crippen LogP contribution in [0.4, 0.5) is 0 Å². The van der Waals surface area contributed by atoms with Gasteiger partial charge in [0.05, 0.1) is 18.0 Å². The topological polar surface area (TPSA) is 40.5 Å². The van der Waals surface area contributed by atoms with Crippen molar-refractivity contribution in [2.75, 3.05) is 13.1 Å². The molecule has 0 radical (unpaired) electrons. The van der Waals surface area contributed by atoms with Crippen molar-refractivity contribution >= 4 is 17.2 Å². The van der Waals surface area contributed by atoms with Gasteiger partial charge in [-0.3, -0.25) is 4.79 Å². The minimum Gasteiger partial charge on any atom is -0.386 e. The summed E-state index contributed by atoms with van der Waals surface area (Å²) in [6.07, 6.45) is 2.24. The summed E-state index contributed by atoms with van der Waals surface area (Å²) in [6, 6.07) is 1.96. The molecule has 4 heteroatoms. The van der Waals surface area contributed by atoms with E-state index in [1.54, 1.807) is 4.90 Å². The van der Waals surface area contributed by atoms with Crippen LogP contribution in [0.1, 0.15) is 28.1 Å². The van der Waals surface area contributed by atoms with Crippen LogP contribution in [-0.4, -0.2) is 34.6 Å². The number of carbonyl (C=O) groups excluding carboxylic acids is 1. The highest BCUT2D eigenvalue weighted by Gasteiger charge is 2.53. The second-order valence-electron chi connectivity index (χ2n) is 4.97. The summed E-state index contributed by atoms with van der Waals surface area (Å²) in [4.78, 5) is 14.6. The maximum Gasteiger partial charge on any atom is 0.264 e. The average molecular weight is 237 g/mol. The van der Waals surface area contributed by atoms with Crippen LogP contribution >= 0.6 is 11.3 Å². The lowest BCUT2D eigenvalue weighted by molar-refractivity contribution is -0.0956. The number of nitrogens with zero attached hydrogens (tertiary/aromatic N) is 1. The summed E-state index contributed by atoms with van der Waals surface area (Å²) in [5, 5.41) is 12.1. The Labute approximate surface area is 98.7 Å². The molecule has 1 saturated heterocycles. The quantitative estimate of drug-likeness (QED) is 0.849. The Morgan fingerprint density at radius 2 is 2.25 bits per heavy atom. The van der Waals surface area contributed by atoms with E-state index >= 15 is 0 Å². The number of hydrogen-bond acceptors (Lipinski definition) is 3. The van der Waals surface area contributed by atoms with E-state index < -0.39 is 5.60 Å². The SMILES string of the molecule is Cc1ccsc1C(=O)N1CC(O)(C2CC2)C1. The lowest BCUT2D eigenvalue weighted by Crippen LogP contribution is -2.64. The highest BCUT2D eigenvalue weighted by Crippen LogP contribution is 2.44. The van der Waals surface area contributed by atoms with E-state index in [0.29, 0.717) is 19.0 Å². The summed E-state index contributed by atoms with van der Waals surface area (Å²) in [5.41, 5.74) is 0.470. The smallest absolute Gasteiger partial charge is 0.264 e. The summed E-state index contributed by atoms with van der Waals surface area (Å²) < 4.78 is 0. The van der Waals surface area contributed by atoms with Crippen LogP contribution in [0.3, 0.4) is 0 Å². The molecule has 2 fully saturated rings. The first-order valence-corrected chi connectivity index (χ1v) is 6.54. The van der Waals surface area contributed by atoms with Gasteiger partial charge in [0, 0.05) is 0 Å². The summed E-state index contributed by atoms with van der Waals surface area (Å²) >= 11 is 1.49. The molecular formula is C12H15NO2S. The van der Waals surface area contributed by atoms with Crippen LogP contribution in [-0.2, 0) is 0 Å². The van der Waals surface area contributed by atoms with Gasteiger partial charge in [0.15, 0.2) is 0 Å². The van der Waals surface area contributed by atoms with E-state index in [0.717, 1.165) is 23.3 Å². The van der Waals surface area contributed by atoms with E-state index in [9.17, 15) is 9.90 Å². The van der Waals surface area contributed by atoms with E-state index in [1.165, 1.54) is 11.3 Å². The highest BCUT2D eigenvalue weighted by molar-refractivity contribution is 7.12. The van der Waals surface area contributed by atoms with Crippen molar-refractivity contribution in [2.24, 2.45) is 5.92 Å². The fourth-order valence-corrected chi connectivity index (χ4v) is 3.26. The molecule has 1 saturated carbocycles. The number of carbonyl (C=O) groups is 1. The Hall–Kier alpha value is -0.870. The normalized spacial score (nSPS) is 23.0. The lowest BCUT2D eigenvalue weighted by Gasteiger charge is -2.46. The molecule has 0 atom stereocenters. The second-order valence-corrected chi connectivity index (χ2v) is 5.89. The molecule has 1 aromatic rings. The minimum absolute atomic E-state index is 0.0813. The van der Waals surface area contributed by atoms with Crippen LogP contribution < -0.4 is 0 Å². The minimum atomic E-state index is -0.569. The predicted octanol–water partition coefficient (Wildman–Crippen LogP) is 1.65. The number of hydrogen-bond donors (Lipinski definition) is 1. The van der Waals surface area contributed by atoms with Crippen LogP contribution in [0, 0.1) is 12.8 Å². The third kappa shape index (κ3) is 1.48. The van der Waals surface area contributed by atoms with Gasteiger partial charge in [0.2, 0.25) is 0 Å². The molecule has 1 aliphatic heterocycles. The van der Waals surface area contributed by atoms with E-state index in [2.05, 4.69) is 0 Å². The van der Waals surface area contributed by atoms with E-state index in [-0.39, 0.29) is 5.91 Å². The number of rotatable bonds is 2. The molecular weight excluding hydrogens is 222 g/mol. The number of β-amino-alcohol motifs (C(OH)–C–C–N with tert-alkyl or cyclic N) is 1. The van der Waals surface area contributed by atoms with E-state index in [1.807, 2.05) is 18.4 Å². The van der Waals surface area contributed by atoms with Gasteiger partial charge in [-0.05, 0) is 42.7 Å². The number of amides is 1. The number of aliphatic hydroxyl groups is 1. The molecule has 3 rings (SSSR count). The first kappa shape index (κ1) is 10.3. The molecule has 0 unspecified atom stereocenters. The zero-order valence-corrected chi connectivity index (χ0v) is 10.1. The van der Waals surface area contributed by atoms with Crippen molar-refractivity contribution in [1.29, 1.82) is 0 Å². The van der Waals surface area contributed by atoms with Gasteiger partial charge in [-0.2, -0.15) is 0 Å². The van der Waals surface area contributed by atoms with Crippen molar-refractivity contribution in [3.05, 3.63) is 21.9 Å². The third-order valence-electron chi connectivity index (χ3n) is 3.61. The fraction of sp³-hybridized carbons (Fsp3) is 0.583. The molecule has 2 heterocycles. The van der Waals surface area contributed by atoms with Crippen LogP contribution in [0.25, 0.3) is 0 Å². The maximum atomic E-state index is 12.1. The maximum absolute atomic E-state index is 12.1. The summed E-state index contributed by atoms with van der Waals surface area (Å²) in [7, 11) is 0. The molecule has 86 valence electrons. The fourth-order valence-electron chi connectivity index (χ4n) is 2.37. The Balaban J connectivity index is 1.68. The summed E-state index contributed by atoms with van der Waals surface area (Å²) in [5.74, 6) is 0.527. The molecule has 16 heavy (non-hydrogen) atoms. The largest absolute Gasteiger partial charge is 0.386 e. The van der Waals surface area contributed by atoms with Crippen molar-refractivity contribution in [1.82, 2.24) is 4.90 Å². The first-order valence-electron chi connectivity index (χ1n) is 5.66. The van der Waals surface area contributed by atoms with Gasteiger partial charge in [0.1, 0.15) is 5.60 Å². The molecule has 1 aliphatic carbocycles. The Kier molecular flexibility index (Phi) is 2.13. The van der Waals surface area contributed by atoms with Gasteiger partial charge >= 0.3 is 0 Å². The molecule has 0 aromatic carbocycles. The third-order valence-corrected chi connectivity index (χ3v) is 4.61. The Bertz CT molecular complexity index is 430. The van der Waals surface area contributed by atoms with Gasteiger partial charge in [0.25, 0.3) is 5.91 Å². The van der Waals surface area contributed by atoms with E-state index in [4.69, 9.17) is 0 Å². The number of thiophene rings is 1. The zero-order valence-electron chi connectivity index (χ0n) is 9.27. The van der Waals surface area contributed by atoms with Gasteiger partial charge in [-0.1, -0.05) is 0 Å². The Morgan fingerprint density at radius 1 is 1.56 bits per heavy atom. The van der Waals surface area contributed by atoms with Crippen molar-refractivity contribution < 1.29 is 9.90 Å². The van der Waals surface area contributed by atoms with Gasteiger partial charge in [-0.15, -0.1) is 11.3 Å². The molecule has 1 N–H and O–H groups in total. The molecule has 1 aromatic heterocycles. The highest BCUT2D eigenvalue weighted by atomic mass is 32.1. The van der Waals surface area contributed by atoms with Crippen molar-refractivity contribution in [3.63, 3.8) is 0 Å². The average Bonchev–Trinajstić information content (AvgIpc) is 2.97. The van der Waals surface area contributed by atoms with Gasteiger partial charge < -0.3 is 10.0 Å². The van der Waals surface area contributed by atoms with Crippen LogP contribution in [0.2, 0.25) is 0 Å². The number of likely N-dealkylation sites (tertiary alicyclic amines) is 1. The monoisotopic (exact) mass is 237 g/mol. The van der Waals surface area contributed by atoms with Gasteiger partial charge in [-0.25, -0.2) is 0 Å². The molecule has 3 nitrogen and oxygen atoms in total. The molecule has 1 amide bonds. The summed E-state index contributed by atoms with van der Waals surface area (Å²) in [6.45, 7) is 3.00. The first-order chi connectivity index (χ1) is 7.60. The molecule has 2 aliphatic rings. The predicted molar refractivity (Wildman–Crippen MR) is 62.6 cm³/mol. The standard InChI is InChI=1S/C12H15NO2S/c1-8-4-5-16-10(8)11(14)13-6-12(15,7-13)9-2-3-9/h4-5,9,15H,2-3,6-7H2,1H3. The van der Waals surface area contributed by atoms with Crippen LogP contribution in [0.15, 0.2) is 11.4 Å².